The summed E-state index contributed by atoms with van der Waals surface area (Å²) in [7, 11) is 0. The Balaban J connectivity index is 2.55. The van der Waals surface area contributed by atoms with E-state index in [0.717, 1.165) is 5.57 Å². The van der Waals surface area contributed by atoms with E-state index >= 15 is 0 Å². The molecule has 0 bridgehead atoms. The fraction of sp³-hybridized carbons (Fsp3) is 0.800. The number of hydrogen-bond donors (Lipinski definition) is 3. The van der Waals surface area contributed by atoms with E-state index in [9.17, 15) is 15.3 Å². The third kappa shape index (κ3) is 2.54. The first-order valence-corrected chi connectivity index (χ1v) is 4.84. The number of aliphatic hydroxyl groups is 3. The van der Waals surface area contributed by atoms with E-state index in [1.807, 2.05) is 19.9 Å². The van der Waals surface area contributed by atoms with Crippen LogP contribution < -0.4 is 0 Å². The van der Waals surface area contributed by atoms with Gasteiger partial charge < -0.3 is 20.1 Å². The highest BCUT2D eigenvalue weighted by atomic mass is 16.5. The van der Waals surface area contributed by atoms with Crippen molar-refractivity contribution in [2.24, 2.45) is 0 Å². The zero-order chi connectivity index (χ0) is 10.7. The predicted molar refractivity (Wildman–Crippen MR) is 51.8 cm³/mol. The molecular formula is C10H18O4. The molecular weight excluding hydrogens is 184 g/mol. The van der Waals surface area contributed by atoms with Crippen LogP contribution in [0.1, 0.15) is 20.3 Å². The number of ether oxygens (including phenoxy) is 1. The maximum absolute atomic E-state index is 9.59. The lowest BCUT2D eigenvalue weighted by molar-refractivity contribution is -0.186. The SMILES string of the molecule is CC=C(C)CC1OCC(O)C(O)C1O. The maximum atomic E-state index is 9.59. The Morgan fingerprint density at radius 3 is 2.57 bits per heavy atom. The molecule has 0 saturated carbocycles. The number of aliphatic hydroxyl groups excluding tert-OH is 3. The second-order valence-corrected chi connectivity index (χ2v) is 3.76. The third-order valence-corrected chi connectivity index (χ3v) is 2.62. The van der Waals surface area contributed by atoms with Crippen molar-refractivity contribution < 1.29 is 20.1 Å². The predicted octanol–water partition coefficient (Wildman–Crippen LogP) is -0.176. The molecule has 0 radical (unpaired) electrons. The van der Waals surface area contributed by atoms with Crippen LogP contribution in [0.3, 0.4) is 0 Å². The smallest absolute Gasteiger partial charge is 0.111 e. The van der Waals surface area contributed by atoms with Crippen LogP contribution in [0.25, 0.3) is 0 Å². The molecule has 0 aromatic rings. The van der Waals surface area contributed by atoms with Gasteiger partial charge in [-0.15, -0.1) is 0 Å². The van der Waals surface area contributed by atoms with E-state index < -0.39 is 24.4 Å². The first-order valence-electron chi connectivity index (χ1n) is 4.84. The fourth-order valence-electron chi connectivity index (χ4n) is 1.48. The Kier molecular flexibility index (Phi) is 4.07. The zero-order valence-corrected chi connectivity index (χ0v) is 8.55. The van der Waals surface area contributed by atoms with E-state index in [1.165, 1.54) is 0 Å². The first kappa shape index (κ1) is 11.7. The van der Waals surface area contributed by atoms with E-state index in [-0.39, 0.29) is 6.61 Å². The molecule has 0 spiro atoms. The molecule has 1 fully saturated rings. The van der Waals surface area contributed by atoms with Crippen molar-refractivity contribution in [3.05, 3.63) is 11.6 Å². The monoisotopic (exact) mass is 202 g/mol. The summed E-state index contributed by atoms with van der Waals surface area (Å²) in [5.74, 6) is 0. The van der Waals surface area contributed by atoms with Gasteiger partial charge in [-0.3, -0.25) is 0 Å². The van der Waals surface area contributed by atoms with Gasteiger partial charge in [-0.1, -0.05) is 11.6 Å². The molecule has 1 aliphatic rings. The highest BCUT2D eigenvalue weighted by molar-refractivity contribution is 5.01. The Labute approximate surface area is 83.8 Å². The molecule has 0 aromatic carbocycles. The van der Waals surface area contributed by atoms with E-state index in [0.29, 0.717) is 6.42 Å². The van der Waals surface area contributed by atoms with E-state index in [1.54, 1.807) is 0 Å². The van der Waals surface area contributed by atoms with Crippen LogP contribution in [-0.4, -0.2) is 46.3 Å². The van der Waals surface area contributed by atoms with Gasteiger partial charge in [0.2, 0.25) is 0 Å². The largest absolute Gasteiger partial charge is 0.388 e. The van der Waals surface area contributed by atoms with Crippen LogP contribution in [0, 0.1) is 0 Å². The van der Waals surface area contributed by atoms with Crippen LogP contribution in [0.4, 0.5) is 0 Å². The quantitative estimate of drug-likeness (QED) is 0.543. The van der Waals surface area contributed by atoms with Gasteiger partial charge in [-0.05, 0) is 20.3 Å². The normalized spacial score (nSPS) is 39.9. The average Bonchev–Trinajstić information content (AvgIpc) is 2.19. The van der Waals surface area contributed by atoms with Crippen molar-refractivity contribution in [2.75, 3.05) is 6.61 Å². The summed E-state index contributed by atoms with van der Waals surface area (Å²) >= 11 is 0. The lowest BCUT2D eigenvalue weighted by Crippen LogP contribution is -2.52. The molecule has 1 saturated heterocycles. The summed E-state index contributed by atoms with van der Waals surface area (Å²) in [4.78, 5) is 0. The summed E-state index contributed by atoms with van der Waals surface area (Å²) in [5, 5.41) is 28.2. The van der Waals surface area contributed by atoms with Crippen molar-refractivity contribution in [1.82, 2.24) is 0 Å². The number of rotatable bonds is 2. The lowest BCUT2D eigenvalue weighted by atomic mass is 9.95. The molecule has 1 heterocycles. The molecule has 0 aliphatic carbocycles. The molecule has 4 unspecified atom stereocenters. The second-order valence-electron chi connectivity index (χ2n) is 3.76. The first-order chi connectivity index (χ1) is 6.56. The van der Waals surface area contributed by atoms with Crippen LogP contribution >= 0.6 is 0 Å². The van der Waals surface area contributed by atoms with E-state index in [2.05, 4.69) is 0 Å². The molecule has 0 amide bonds. The summed E-state index contributed by atoms with van der Waals surface area (Å²) in [6.07, 6.45) is -0.974. The third-order valence-electron chi connectivity index (χ3n) is 2.62. The lowest BCUT2D eigenvalue weighted by Gasteiger charge is -2.35. The van der Waals surface area contributed by atoms with Gasteiger partial charge in [0.1, 0.15) is 18.3 Å². The minimum Gasteiger partial charge on any atom is -0.388 e. The zero-order valence-electron chi connectivity index (χ0n) is 8.55. The molecule has 0 aromatic heterocycles. The van der Waals surface area contributed by atoms with Crippen LogP contribution in [0.15, 0.2) is 11.6 Å². The number of allylic oxidation sites excluding steroid dienone is 1. The van der Waals surface area contributed by atoms with Gasteiger partial charge in [0.15, 0.2) is 0 Å². The average molecular weight is 202 g/mol. The Morgan fingerprint density at radius 2 is 2.00 bits per heavy atom. The summed E-state index contributed by atoms with van der Waals surface area (Å²) in [5.41, 5.74) is 1.10. The maximum Gasteiger partial charge on any atom is 0.111 e. The van der Waals surface area contributed by atoms with Gasteiger partial charge in [-0.2, -0.15) is 0 Å². The van der Waals surface area contributed by atoms with Crippen molar-refractivity contribution in [3.63, 3.8) is 0 Å². The molecule has 1 rings (SSSR count). The summed E-state index contributed by atoms with van der Waals surface area (Å²) in [6, 6.07) is 0. The summed E-state index contributed by atoms with van der Waals surface area (Å²) < 4.78 is 5.24. The molecule has 82 valence electrons. The minimum atomic E-state index is -1.10. The van der Waals surface area contributed by atoms with E-state index in [4.69, 9.17) is 4.74 Å². The molecule has 3 N–H and O–H groups in total. The second kappa shape index (κ2) is 4.89. The molecule has 4 nitrogen and oxygen atoms in total. The highest BCUT2D eigenvalue weighted by Gasteiger charge is 2.37. The Hall–Kier alpha value is -0.420. The van der Waals surface area contributed by atoms with Gasteiger partial charge in [0, 0.05) is 0 Å². The minimum absolute atomic E-state index is 0.0832. The van der Waals surface area contributed by atoms with Gasteiger partial charge in [0.05, 0.1) is 12.7 Å². The summed E-state index contributed by atoms with van der Waals surface area (Å²) in [6.45, 7) is 3.93. The van der Waals surface area contributed by atoms with Gasteiger partial charge >= 0.3 is 0 Å². The standard InChI is InChI=1S/C10H18O4/c1-3-6(2)4-8-10(13)9(12)7(11)5-14-8/h3,7-13H,4-5H2,1-2H3. The molecule has 4 atom stereocenters. The van der Waals surface area contributed by atoms with Crippen molar-refractivity contribution in [3.8, 4) is 0 Å². The van der Waals surface area contributed by atoms with Crippen molar-refractivity contribution in [2.45, 2.75) is 44.7 Å². The fourth-order valence-corrected chi connectivity index (χ4v) is 1.48. The van der Waals surface area contributed by atoms with Crippen molar-refractivity contribution in [1.29, 1.82) is 0 Å². The molecule has 4 heteroatoms. The van der Waals surface area contributed by atoms with Crippen LogP contribution in [0.5, 0.6) is 0 Å². The molecule has 1 aliphatic heterocycles. The van der Waals surface area contributed by atoms with Gasteiger partial charge in [-0.25, -0.2) is 0 Å². The highest BCUT2D eigenvalue weighted by Crippen LogP contribution is 2.20. The number of hydrogen-bond acceptors (Lipinski definition) is 4. The topological polar surface area (TPSA) is 69.9 Å². The van der Waals surface area contributed by atoms with Crippen molar-refractivity contribution >= 4 is 0 Å². The van der Waals surface area contributed by atoms with Gasteiger partial charge in [0.25, 0.3) is 0 Å². The Bertz CT molecular complexity index is 214. The van der Waals surface area contributed by atoms with Crippen LogP contribution in [0.2, 0.25) is 0 Å². The molecule has 14 heavy (non-hydrogen) atoms. The Morgan fingerprint density at radius 1 is 1.36 bits per heavy atom. The van der Waals surface area contributed by atoms with Crippen LogP contribution in [-0.2, 0) is 4.74 Å².